The molecule has 0 amide bonds. The number of hydrogen-bond donors (Lipinski definition) is 2. The Morgan fingerprint density at radius 1 is 1.22 bits per heavy atom. The summed E-state index contributed by atoms with van der Waals surface area (Å²) in [5, 5.41) is 14.0. The molecule has 0 radical (unpaired) electrons. The number of aliphatic carboxylic acids is 1. The predicted molar refractivity (Wildman–Crippen MR) is 135 cm³/mol. The molecular formula is C28H29N3O5. The maximum Gasteiger partial charge on any atom is 0.305 e. The maximum absolute atomic E-state index is 11.7. The standard InChI is InChI=1S/C28H29N3O5/c32-27(33)16-24(19-4-8-25-26(15-19)36-17-35-25)31-12-9-20-14-22(6-7-23(20)31)34-13-10-21-5-3-18-2-1-11-29-28(18)30-21/h3-9,12,14-15,24-26H,1-2,10-11,13,16-17H2,(H,29,30)(H,32,33). The van der Waals surface area contributed by atoms with Crippen molar-refractivity contribution >= 4 is 22.7 Å². The average Bonchev–Trinajstić information content (AvgIpc) is 3.53. The lowest BCUT2D eigenvalue weighted by atomic mass is 9.94. The fourth-order valence-electron chi connectivity index (χ4n) is 5.19. The lowest BCUT2D eigenvalue weighted by Crippen LogP contribution is -2.24. The van der Waals surface area contributed by atoms with Crippen molar-refractivity contribution in [1.82, 2.24) is 9.55 Å². The summed E-state index contributed by atoms with van der Waals surface area (Å²) in [4.78, 5) is 16.5. The second kappa shape index (κ2) is 9.79. The smallest absolute Gasteiger partial charge is 0.305 e. The van der Waals surface area contributed by atoms with Crippen LogP contribution in [0.15, 0.2) is 66.4 Å². The Balaban J connectivity index is 1.17. The number of nitrogens with zero attached hydrogens (tertiary/aromatic N) is 2. The van der Waals surface area contributed by atoms with Crippen molar-refractivity contribution in [2.24, 2.45) is 0 Å². The van der Waals surface area contributed by atoms with Gasteiger partial charge in [-0.1, -0.05) is 18.2 Å². The number of anilines is 1. The zero-order valence-electron chi connectivity index (χ0n) is 19.9. The second-order valence-corrected chi connectivity index (χ2v) is 9.40. The van der Waals surface area contributed by atoms with E-state index in [0.29, 0.717) is 6.61 Å². The number of carbonyl (C=O) groups is 1. The van der Waals surface area contributed by atoms with Crippen LogP contribution in [0.25, 0.3) is 10.9 Å². The zero-order valence-corrected chi connectivity index (χ0v) is 19.9. The number of aromatic nitrogens is 2. The molecule has 36 heavy (non-hydrogen) atoms. The van der Waals surface area contributed by atoms with Gasteiger partial charge in [0, 0.05) is 35.8 Å². The van der Waals surface area contributed by atoms with Gasteiger partial charge in [0.25, 0.3) is 0 Å². The van der Waals surface area contributed by atoms with E-state index >= 15 is 0 Å². The Bertz CT molecular complexity index is 1340. The molecule has 8 heteroatoms. The molecule has 2 aliphatic heterocycles. The van der Waals surface area contributed by atoms with Gasteiger partial charge >= 0.3 is 5.97 Å². The van der Waals surface area contributed by atoms with E-state index in [2.05, 4.69) is 17.4 Å². The average molecular weight is 488 g/mol. The van der Waals surface area contributed by atoms with Crippen molar-refractivity contribution in [3.63, 3.8) is 0 Å². The van der Waals surface area contributed by atoms with Gasteiger partial charge in [0.05, 0.1) is 19.1 Å². The summed E-state index contributed by atoms with van der Waals surface area (Å²) >= 11 is 0. The molecule has 1 aliphatic carbocycles. The molecule has 2 N–H and O–H groups in total. The number of nitrogens with one attached hydrogen (secondary N) is 1. The van der Waals surface area contributed by atoms with Crippen LogP contribution in [0.2, 0.25) is 0 Å². The molecule has 3 unspecified atom stereocenters. The van der Waals surface area contributed by atoms with Gasteiger partial charge in [0.2, 0.25) is 0 Å². The summed E-state index contributed by atoms with van der Waals surface area (Å²) in [5.41, 5.74) is 4.16. The number of rotatable bonds is 8. The van der Waals surface area contributed by atoms with Gasteiger partial charge in [-0.2, -0.15) is 0 Å². The molecular weight excluding hydrogens is 458 g/mol. The third kappa shape index (κ3) is 4.62. The van der Waals surface area contributed by atoms with Crippen LogP contribution >= 0.6 is 0 Å². The number of hydrogen-bond acceptors (Lipinski definition) is 6. The van der Waals surface area contributed by atoms with Crippen LogP contribution in [0.4, 0.5) is 5.82 Å². The summed E-state index contributed by atoms with van der Waals surface area (Å²) in [6.07, 6.45) is 10.5. The van der Waals surface area contributed by atoms with Crippen LogP contribution in [-0.2, 0) is 27.1 Å². The van der Waals surface area contributed by atoms with E-state index in [1.807, 2.05) is 53.3 Å². The highest BCUT2D eigenvalue weighted by Gasteiger charge is 2.31. The minimum Gasteiger partial charge on any atom is -0.493 e. The van der Waals surface area contributed by atoms with Gasteiger partial charge < -0.3 is 29.2 Å². The lowest BCUT2D eigenvalue weighted by molar-refractivity contribution is -0.137. The Morgan fingerprint density at radius 3 is 3.06 bits per heavy atom. The van der Waals surface area contributed by atoms with Crippen molar-refractivity contribution < 1.29 is 24.1 Å². The van der Waals surface area contributed by atoms with Crippen LogP contribution in [0.1, 0.15) is 30.1 Å². The third-order valence-electron chi connectivity index (χ3n) is 7.04. The van der Waals surface area contributed by atoms with Crippen LogP contribution in [0, 0.1) is 0 Å². The maximum atomic E-state index is 11.7. The largest absolute Gasteiger partial charge is 0.493 e. The highest BCUT2D eigenvalue weighted by molar-refractivity contribution is 5.82. The molecule has 186 valence electrons. The fourth-order valence-corrected chi connectivity index (χ4v) is 5.19. The van der Waals surface area contributed by atoms with Gasteiger partial charge in [-0.25, -0.2) is 4.98 Å². The number of allylic oxidation sites excluding steroid dienone is 2. The van der Waals surface area contributed by atoms with Crippen molar-refractivity contribution in [2.45, 2.75) is 43.9 Å². The molecule has 1 aromatic carbocycles. The van der Waals surface area contributed by atoms with Gasteiger partial charge in [-0.05, 0) is 60.4 Å². The number of fused-ring (bicyclic) bond motifs is 3. The highest BCUT2D eigenvalue weighted by Crippen LogP contribution is 2.34. The van der Waals surface area contributed by atoms with Crippen molar-refractivity contribution in [3.8, 4) is 5.75 Å². The van der Waals surface area contributed by atoms with Crippen molar-refractivity contribution in [2.75, 3.05) is 25.3 Å². The van der Waals surface area contributed by atoms with Crippen LogP contribution in [-0.4, -0.2) is 52.8 Å². The fraction of sp³-hybridized carbons (Fsp3) is 0.357. The van der Waals surface area contributed by atoms with Gasteiger partial charge in [-0.3, -0.25) is 4.79 Å². The summed E-state index contributed by atoms with van der Waals surface area (Å²) in [5.74, 6) is 0.929. The van der Waals surface area contributed by atoms with E-state index in [1.54, 1.807) is 0 Å². The molecule has 1 fully saturated rings. The number of pyridine rings is 1. The molecule has 2 aromatic heterocycles. The molecule has 3 atom stereocenters. The Labute approximate surface area is 209 Å². The molecule has 0 bridgehead atoms. The van der Waals surface area contributed by atoms with E-state index in [-0.39, 0.29) is 31.5 Å². The topological polar surface area (TPSA) is 94.8 Å². The number of benzene rings is 1. The molecule has 3 aromatic rings. The summed E-state index contributed by atoms with van der Waals surface area (Å²) in [6.45, 7) is 1.76. The number of carboxylic acids is 1. The molecule has 1 saturated heterocycles. The first kappa shape index (κ1) is 22.8. The summed E-state index contributed by atoms with van der Waals surface area (Å²) in [6, 6.07) is 11.8. The van der Waals surface area contributed by atoms with Crippen molar-refractivity contribution in [1.29, 1.82) is 0 Å². The van der Waals surface area contributed by atoms with Gasteiger partial charge in [-0.15, -0.1) is 0 Å². The van der Waals surface area contributed by atoms with E-state index < -0.39 is 5.97 Å². The van der Waals surface area contributed by atoms with Crippen LogP contribution < -0.4 is 10.1 Å². The monoisotopic (exact) mass is 487 g/mol. The van der Waals surface area contributed by atoms with E-state index in [9.17, 15) is 9.90 Å². The third-order valence-corrected chi connectivity index (χ3v) is 7.04. The minimum atomic E-state index is -0.854. The first-order valence-corrected chi connectivity index (χ1v) is 12.4. The van der Waals surface area contributed by atoms with E-state index in [0.717, 1.165) is 59.5 Å². The molecule has 0 saturated carbocycles. The molecule has 8 nitrogen and oxygen atoms in total. The van der Waals surface area contributed by atoms with E-state index in [1.165, 1.54) is 5.56 Å². The number of aryl methyl sites for hydroxylation is 1. The normalized spacial score (nSPS) is 21.4. The quantitative estimate of drug-likeness (QED) is 0.490. The minimum absolute atomic E-state index is 0.0287. The SMILES string of the molecule is O=C(O)CC(C1=CC2OCOC2C=C1)n1ccc2cc(OCCc3ccc4c(n3)NCCC4)ccc21. The first-order chi connectivity index (χ1) is 17.6. The van der Waals surface area contributed by atoms with Crippen molar-refractivity contribution in [3.05, 3.63) is 77.7 Å². The summed E-state index contributed by atoms with van der Waals surface area (Å²) in [7, 11) is 0. The van der Waals surface area contributed by atoms with E-state index in [4.69, 9.17) is 19.2 Å². The molecule has 0 spiro atoms. The lowest BCUT2D eigenvalue weighted by Gasteiger charge is -2.24. The van der Waals surface area contributed by atoms with Gasteiger partial charge in [0.1, 0.15) is 30.6 Å². The molecule has 4 heterocycles. The Morgan fingerprint density at radius 2 is 2.14 bits per heavy atom. The Hall–Kier alpha value is -3.62. The first-order valence-electron chi connectivity index (χ1n) is 12.4. The van der Waals surface area contributed by atoms with Crippen LogP contribution in [0.5, 0.6) is 5.75 Å². The second-order valence-electron chi connectivity index (χ2n) is 9.40. The number of carboxylic acid groups (broad SMARTS) is 1. The van der Waals surface area contributed by atoms with Crippen LogP contribution in [0.3, 0.4) is 0 Å². The van der Waals surface area contributed by atoms with Gasteiger partial charge in [0.15, 0.2) is 0 Å². The molecule has 3 aliphatic rings. The predicted octanol–water partition coefficient (Wildman–Crippen LogP) is 4.27. The zero-order chi connectivity index (χ0) is 24.5. The highest BCUT2D eigenvalue weighted by atomic mass is 16.7. The molecule has 6 rings (SSSR count). The number of ether oxygens (including phenoxy) is 3. The Kier molecular flexibility index (Phi) is 6.21. The summed E-state index contributed by atoms with van der Waals surface area (Å²) < 4.78 is 19.2.